The van der Waals surface area contributed by atoms with Crippen molar-refractivity contribution in [2.75, 3.05) is 26.4 Å². The number of aromatic nitrogens is 1. The summed E-state index contributed by atoms with van der Waals surface area (Å²) in [5.41, 5.74) is 7.43. The predicted octanol–water partition coefficient (Wildman–Crippen LogP) is 17.8. The Morgan fingerprint density at radius 3 is 1.76 bits per heavy atom. The number of hydrogen-bond donors (Lipinski definition) is 1. The predicted molar refractivity (Wildman–Crippen MR) is 258 cm³/mol. The fourth-order valence-electron chi connectivity index (χ4n) is 5.13. The largest absolute Gasteiger partial charge is 0.432 e. The number of benzene rings is 1. The molecule has 2 rings (SSSR count). The van der Waals surface area contributed by atoms with Crippen LogP contribution in [0.4, 0.5) is 13.2 Å². The van der Waals surface area contributed by atoms with Crippen molar-refractivity contribution in [1.82, 2.24) is 4.98 Å². The van der Waals surface area contributed by atoms with E-state index in [-0.39, 0.29) is 0 Å². The number of allylic oxidation sites excluding steroid dienone is 8. The molecule has 0 aliphatic rings. The minimum absolute atomic E-state index is 0.315. The van der Waals surface area contributed by atoms with Crippen LogP contribution >= 0.6 is 11.6 Å². The monoisotopic (exact) mass is 851 g/mol. The SMILES string of the molecule is C/C=C(\N=C(C)CCC)C(F)(F)F.C=C(/C=C\C(=C/CCC)C(C)c1[nH]c2ccc(Cl)cc2c1CCCC)CC.C=C(C)CC.CCCOCCC.CCCOCCC. The summed E-state index contributed by atoms with van der Waals surface area (Å²) in [6.07, 6.45) is 17.2. The molecule has 0 aliphatic heterocycles. The van der Waals surface area contributed by atoms with Crippen LogP contribution in [0.15, 0.2) is 83.1 Å². The van der Waals surface area contributed by atoms with Crippen LogP contribution in [0.3, 0.4) is 0 Å². The molecule has 1 aromatic heterocycles. The average molecular weight is 852 g/mol. The molecular weight excluding hydrogens is 765 g/mol. The van der Waals surface area contributed by atoms with Crippen LogP contribution in [0.25, 0.3) is 10.9 Å². The number of ether oxygens (including phenoxy) is 2. The molecule has 0 aliphatic carbocycles. The van der Waals surface area contributed by atoms with Crippen molar-refractivity contribution in [2.45, 2.75) is 186 Å². The summed E-state index contributed by atoms with van der Waals surface area (Å²) in [6, 6.07) is 6.18. The summed E-state index contributed by atoms with van der Waals surface area (Å²) in [7, 11) is 0. The van der Waals surface area contributed by atoms with Gasteiger partial charge in [0.1, 0.15) is 5.70 Å². The second kappa shape index (κ2) is 39.3. The number of unbranched alkanes of at least 4 members (excludes halogenated alkanes) is 2. The Kier molecular flexibility index (Phi) is 40.2. The lowest BCUT2D eigenvalue weighted by molar-refractivity contribution is -0.0924. The first-order valence-electron chi connectivity index (χ1n) is 22.5. The summed E-state index contributed by atoms with van der Waals surface area (Å²) >= 11 is 6.30. The van der Waals surface area contributed by atoms with E-state index in [1.807, 2.05) is 19.9 Å². The van der Waals surface area contributed by atoms with E-state index in [1.54, 1.807) is 6.92 Å². The molecule has 1 aromatic carbocycles. The Morgan fingerprint density at radius 1 is 0.814 bits per heavy atom. The highest BCUT2D eigenvalue weighted by Crippen LogP contribution is 2.35. The van der Waals surface area contributed by atoms with E-state index in [0.717, 1.165) is 102 Å². The van der Waals surface area contributed by atoms with Gasteiger partial charge in [-0.25, -0.2) is 0 Å². The maximum atomic E-state index is 12.1. The molecule has 0 amide bonds. The van der Waals surface area contributed by atoms with Crippen LogP contribution < -0.4 is 0 Å². The molecule has 340 valence electrons. The molecule has 0 fully saturated rings. The quantitative estimate of drug-likeness (QED) is 0.0555. The number of alkyl halides is 3. The molecule has 4 nitrogen and oxygen atoms in total. The van der Waals surface area contributed by atoms with Gasteiger partial charge >= 0.3 is 6.18 Å². The summed E-state index contributed by atoms with van der Waals surface area (Å²) < 4.78 is 46.7. The Bertz CT molecular complexity index is 1470. The topological polar surface area (TPSA) is 46.6 Å². The lowest BCUT2D eigenvalue weighted by Crippen LogP contribution is -2.11. The number of H-pyrrole nitrogens is 1. The molecule has 0 saturated heterocycles. The van der Waals surface area contributed by atoms with Gasteiger partial charge in [0.05, 0.1) is 0 Å². The lowest BCUT2D eigenvalue weighted by atomic mass is 9.90. The molecule has 2 aromatic rings. The van der Waals surface area contributed by atoms with Gasteiger partial charge in [0, 0.05) is 59.7 Å². The highest BCUT2D eigenvalue weighted by molar-refractivity contribution is 6.31. The highest BCUT2D eigenvalue weighted by Gasteiger charge is 2.33. The van der Waals surface area contributed by atoms with Gasteiger partial charge in [-0.1, -0.05) is 142 Å². The van der Waals surface area contributed by atoms with E-state index in [2.05, 4.69) is 116 Å². The first-order chi connectivity index (χ1) is 28.0. The molecule has 8 heteroatoms. The van der Waals surface area contributed by atoms with Crippen molar-refractivity contribution >= 4 is 28.2 Å². The molecular formula is C51H86ClF3N2O2. The summed E-state index contributed by atoms with van der Waals surface area (Å²) in [6.45, 7) is 37.9. The van der Waals surface area contributed by atoms with Gasteiger partial charge in [-0.15, -0.1) is 6.58 Å². The Morgan fingerprint density at radius 2 is 1.36 bits per heavy atom. The van der Waals surface area contributed by atoms with E-state index in [9.17, 15) is 13.2 Å². The van der Waals surface area contributed by atoms with Gasteiger partial charge in [0.25, 0.3) is 0 Å². The van der Waals surface area contributed by atoms with E-state index < -0.39 is 11.9 Å². The second-order valence-corrected chi connectivity index (χ2v) is 15.1. The molecule has 1 atom stereocenters. The maximum absolute atomic E-state index is 12.1. The highest BCUT2D eigenvalue weighted by atomic mass is 35.5. The third-order valence-corrected chi connectivity index (χ3v) is 8.97. The maximum Gasteiger partial charge on any atom is 0.432 e. The van der Waals surface area contributed by atoms with Gasteiger partial charge in [-0.2, -0.15) is 13.2 Å². The third kappa shape index (κ3) is 31.6. The van der Waals surface area contributed by atoms with Gasteiger partial charge in [-0.05, 0) is 114 Å². The molecule has 1 N–H and O–H groups in total. The number of rotatable bonds is 22. The zero-order valence-electron chi connectivity index (χ0n) is 39.8. The van der Waals surface area contributed by atoms with Crippen LogP contribution in [0, 0.1) is 0 Å². The Labute approximate surface area is 366 Å². The molecule has 1 unspecified atom stereocenters. The van der Waals surface area contributed by atoms with E-state index in [0.29, 0.717) is 18.1 Å². The van der Waals surface area contributed by atoms with Crippen LogP contribution in [0.2, 0.25) is 5.02 Å². The second-order valence-electron chi connectivity index (χ2n) is 14.7. The van der Waals surface area contributed by atoms with Gasteiger partial charge in [-0.3, -0.25) is 4.99 Å². The van der Waals surface area contributed by atoms with Gasteiger partial charge in [0.15, 0.2) is 0 Å². The minimum atomic E-state index is -4.33. The van der Waals surface area contributed by atoms with Crippen molar-refractivity contribution in [2.24, 2.45) is 4.99 Å². The number of aliphatic imine (C=N–C) groups is 1. The fourth-order valence-corrected chi connectivity index (χ4v) is 5.30. The number of fused-ring (bicyclic) bond motifs is 1. The lowest BCUT2D eigenvalue weighted by Gasteiger charge is -2.15. The number of nitrogens with one attached hydrogen (secondary N) is 1. The molecule has 0 radical (unpaired) electrons. The fraction of sp³-hybridized carbons (Fsp3) is 0.627. The molecule has 0 bridgehead atoms. The van der Waals surface area contributed by atoms with Crippen molar-refractivity contribution in [3.05, 3.63) is 94.4 Å². The zero-order chi connectivity index (χ0) is 45.6. The number of nitrogens with zero attached hydrogens (tertiary/aromatic N) is 1. The van der Waals surface area contributed by atoms with Crippen LogP contribution in [-0.2, 0) is 15.9 Å². The summed E-state index contributed by atoms with van der Waals surface area (Å²) in [5.74, 6) is 0.315. The molecule has 0 saturated carbocycles. The van der Waals surface area contributed by atoms with E-state index >= 15 is 0 Å². The van der Waals surface area contributed by atoms with E-state index in [1.165, 1.54) is 58.6 Å². The average Bonchev–Trinajstić information content (AvgIpc) is 3.57. The van der Waals surface area contributed by atoms with Crippen LogP contribution in [0.5, 0.6) is 0 Å². The standard InChI is InChI=1S/C25H34ClN.C9H14F3N.2C6H14O.C5H10/c1-6-9-11-20(14-13-18(4)8-3)19(5)25-22(12-10-7-2)23-17-21(26)15-16-24(23)27-25;1-4-6-7(3)13-8(5-2)9(10,11)12;2*1-3-5-7-6-4-2;1-4-5(2)3/h11,13-17,19,27H,4,6-10,12H2,1-3,5H3;5H,4,6H2,1-3H3;2*3-6H2,1-2H3;2,4H2,1,3H3/b14-13-,20-11+;8-5-,13-7?;;;. The molecule has 1 heterocycles. The van der Waals surface area contributed by atoms with Crippen molar-refractivity contribution in [3.8, 4) is 0 Å². The smallest absolute Gasteiger partial charge is 0.381 e. The summed E-state index contributed by atoms with van der Waals surface area (Å²) in [4.78, 5) is 7.21. The third-order valence-electron chi connectivity index (χ3n) is 8.73. The normalized spacial score (nSPS) is 12.4. The van der Waals surface area contributed by atoms with Crippen LogP contribution in [-0.4, -0.2) is 43.3 Å². The minimum Gasteiger partial charge on any atom is -0.381 e. The van der Waals surface area contributed by atoms with Gasteiger partial charge in [0.2, 0.25) is 0 Å². The molecule has 59 heavy (non-hydrogen) atoms. The number of hydrogen-bond acceptors (Lipinski definition) is 3. The number of aromatic amines is 1. The van der Waals surface area contributed by atoms with Crippen molar-refractivity contribution in [1.29, 1.82) is 0 Å². The van der Waals surface area contributed by atoms with Crippen molar-refractivity contribution < 1.29 is 22.6 Å². The summed E-state index contributed by atoms with van der Waals surface area (Å²) in [5, 5.41) is 2.08. The van der Waals surface area contributed by atoms with Gasteiger partial charge < -0.3 is 14.5 Å². The van der Waals surface area contributed by atoms with Crippen LogP contribution in [0.1, 0.15) is 184 Å². The first kappa shape index (κ1) is 60.4. The Balaban J connectivity index is -0.000000807. The first-order valence-corrected chi connectivity index (χ1v) is 22.8. The zero-order valence-corrected chi connectivity index (χ0v) is 40.6. The number of halogens is 4. The van der Waals surface area contributed by atoms with E-state index in [4.69, 9.17) is 21.1 Å². The molecule has 0 spiro atoms. The Hall–Kier alpha value is -2.87. The van der Waals surface area contributed by atoms with Crippen molar-refractivity contribution in [3.63, 3.8) is 0 Å². The number of aryl methyl sites for hydroxylation is 1.